The second kappa shape index (κ2) is 3.22. The lowest BCUT2D eigenvalue weighted by Gasteiger charge is -2.12. The zero-order valence-electron chi connectivity index (χ0n) is 9.35. The normalized spacial score (nSPS) is 44.9. The lowest BCUT2D eigenvalue weighted by atomic mass is 10.0. The summed E-state index contributed by atoms with van der Waals surface area (Å²) >= 11 is 0. The molecule has 2 N–H and O–H groups in total. The molecule has 0 aromatic carbocycles. The van der Waals surface area contributed by atoms with E-state index in [0.29, 0.717) is 11.8 Å². The Hall–Kier alpha value is -1.06. The molecule has 0 heterocycles. The molecule has 88 valence electrons. The largest absolute Gasteiger partial charge is 0.480 e. The molecule has 0 aromatic heterocycles. The number of carboxylic acid groups (broad SMARTS) is 1. The highest BCUT2D eigenvalue weighted by Crippen LogP contribution is 2.69. The van der Waals surface area contributed by atoms with Gasteiger partial charge in [-0.15, -0.1) is 0 Å². The molecule has 0 aromatic rings. The van der Waals surface area contributed by atoms with Crippen LogP contribution in [-0.2, 0) is 9.59 Å². The summed E-state index contributed by atoms with van der Waals surface area (Å²) in [6.07, 6.45) is 3.88. The summed E-state index contributed by atoms with van der Waals surface area (Å²) in [7, 11) is 0. The molecule has 16 heavy (non-hydrogen) atoms. The van der Waals surface area contributed by atoms with Crippen LogP contribution < -0.4 is 5.32 Å². The zero-order valence-corrected chi connectivity index (χ0v) is 9.35. The average Bonchev–Trinajstić information content (AvgIpc) is 2.68. The maximum Gasteiger partial charge on any atom is 0.325 e. The van der Waals surface area contributed by atoms with Crippen molar-refractivity contribution in [2.75, 3.05) is 0 Å². The Balaban J connectivity index is 1.61. The van der Waals surface area contributed by atoms with Gasteiger partial charge in [0, 0.05) is 5.92 Å². The van der Waals surface area contributed by atoms with Crippen molar-refractivity contribution in [3.8, 4) is 0 Å². The minimum atomic E-state index is -0.956. The van der Waals surface area contributed by atoms with E-state index >= 15 is 0 Å². The Bertz CT molecular complexity index is 338. The summed E-state index contributed by atoms with van der Waals surface area (Å²) in [6, 6.07) is -0.758. The van der Waals surface area contributed by atoms with Crippen molar-refractivity contribution < 1.29 is 14.7 Å². The van der Waals surface area contributed by atoms with Gasteiger partial charge in [0.1, 0.15) is 6.04 Å². The molecule has 0 spiro atoms. The third-order valence-electron chi connectivity index (χ3n) is 4.77. The van der Waals surface area contributed by atoms with Gasteiger partial charge in [-0.2, -0.15) is 0 Å². The molecular weight excluding hydrogens is 206 g/mol. The molecule has 1 amide bonds. The molecule has 5 atom stereocenters. The molecule has 2 bridgehead atoms. The standard InChI is InChI=1S/C12H17NO3/c1-5(12(15)16)13-11(14)10-8-6-2-3-7(4-6)9(8)10/h5-10H,2-4H2,1H3,(H,13,14)(H,15,16)/t5-,6?,7?,8?,9?,10?/m0/s1. The maximum absolute atomic E-state index is 11.9. The van der Waals surface area contributed by atoms with Crippen molar-refractivity contribution in [2.24, 2.45) is 29.6 Å². The highest BCUT2D eigenvalue weighted by molar-refractivity contribution is 5.87. The van der Waals surface area contributed by atoms with Crippen molar-refractivity contribution in [2.45, 2.75) is 32.2 Å². The molecule has 3 fully saturated rings. The molecule has 0 aliphatic heterocycles. The van der Waals surface area contributed by atoms with Gasteiger partial charge in [0.25, 0.3) is 0 Å². The number of carbonyl (C=O) groups excluding carboxylic acids is 1. The molecule has 3 rings (SSSR count). The fraction of sp³-hybridized carbons (Fsp3) is 0.833. The van der Waals surface area contributed by atoms with Crippen LogP contribution in [0.1, 0.15) is 26.2 Å². The van der Waals surface area contributed by atoms with Crippen molar-refractivity contribution >= 4 is 11.9 Å². The van der Waals surface area contributed by atoms with Crippen LogP contribution in [0.3, 0.4) is 0 Å². The summed E-state index contributed by atoms with van der Waals surface area (Å²) in [5.74, 6) is 1.83. The first kappa shape index (κ1) is 10.1. The number of aliphatic carboxylic acids is 1. The van der Waals surface area contributed by atoms with Crippen LogP contribution in [0.25, 0.3) is 0 Å². The van der Waals surface area contributed by atoms with Gasteiger partial charge < -0.3 is 10.4 Å². The predicted molar refractivity (Wildman–Crippen MR) is 56.5 cm³/mol. The van der Waals surface area contributed by atoms with Crippen LogP contribution in [-0.4, -0.2) is 23.0 Å². The SMILES string of the molecule is C[C@H](NC(=O)C1C2C3CCC(C3)C12)C(=O)O. The number of fused-ring (bicyclic) bond motifs is 5. The van der Waals surface area contributed by atoms with E-state index in [0.717, 1.165) is 11.8 Å². The van der Waals surface area contributed by atoms with Gasteiger partial charge >= 0.3 is 5.97 Å². The number of carbonyl (C=O) groups is 2. The Kier molecular flexibility index (Phi) is 2.03. The number of rotatable bonds is 3. The summed E-state index contributed by atoms with van der Waals surface area (Å²) < 4.78 is 0. The van der Waals surface area contributed by atoms with Crippen LogP contribution >= 0.6 is 0 Å². The first-order chi connectivity index (χ1) is 7.59. The first-order valence-electron chi connectivity index (χ1n) is 6.12. The minimum Gasteiger partial charge on any atom is -0.480 e. The first-order valence-corrected chi connectivity index (χ1v) is 6.12. The molecule has 3 saturated carbocycles. The number of amides is 1. The van der Waals surface area contributed by atoms with Gasteiger partial charge in [0.05, 0.1) is 0 Å². The number of nitrogens with one attached hydrogen (secondary N) is 1. The van der Waals surface area contributed by atoms with Crippen LogP contribution in [0.5, 0.6) is 0 Å². The van der Waals surface area contributed by atoms with Crippen molar-refractivity contribution in [1.82, 2.24) is 5.32 Å². The van der Waals surface area contributed by atoms with Crippen LogP contribution in [0.2, 0.25) is 0 Å². The van der Waals surface area contributed by atoms with E-state index in [4.69, 9.17) is 5.11 Å². The summed E-state index contributed by atoms with van der Waals surface area (Å²) in [5.41, 5.74) is 0. The third-order valence-corrected chi connectivity index (χ3v) is 4.77. The van der Waals surface area contributed by atoms with Gasteiger partial charge in [-0.3, -0.25) is 9.59 Å². The van der Waals surface area contributed by atoms with E-state index < -0.39 is 12.0 Å². The Morgan fingerprint density at radius 3 is 2.31 bits per heavy atom. The van der Waals surface area contributed by atoms with Gasteiger partial charge in [0.2, 0.25) is 5.91 Å². The molecule has 4 nitrogen and oxygen atoms in total. The Morgan fingerprint density at radius 2 is 1.81 bits per heavy atom. The second-order valence-electron chi connectivity index (χ2n) is 5.58. The smallest absolute Gasteiger partial charge is 0.325 e. The van der Waals surface area contributed by atoms with Crippen molar-refractivity contribution in [3.63, 3.8) is 0 Å². The number of hydrogen-bond donors (Lipinski definition) is 2. The maximum atomic E-state index is 11.9. The summed E-state index contributed by atoms with van der Waals surface area (Å²) in [4.78, 5) is 22.5. The van der Waals surface area contributed by atoms with E-state index in [-0.39, 0.29) is 11.8 Å². The lowest BCUT2D eigenvalue weighted by molar-refractivity contribution is -0.141. The Labute approximate surface area is 94.4 Å². The lowest BCUT2D eigenvalue weighted by Crippen LogP contribution is -2.40. The third kappa shape index (κ3) is 1.28. The second-order valence-corrected chi connectivity index (χ2v) is 5.58. The Morgan fingerprint density at radius 1 is 1.25 bits per heavy atom. The molecule has 0 saturated heterocycles. The molecular formula is C12H17NO3. The zero-order chi connectivity index (χ0) is 11.4. The van der Waals surface area contributed by atoms with E-state index in [1.54, 1.807) is 0 Å². The van der Waals surface area contributed by atoms with E-state index in [1.807, 2.05) is 0 Å². The van der Waals surface area contributed by atoms with Crippen molar-refractivity contribution in [1.29, 1.82) is 0 Å². The van der Waals surface area contributed by atoms with Crippen LogP contribution in [0, 0.1) is 29.6 Å². The quantitative estimate of drug-likeness (QED) is 0.746. The minimum absolute atomic E-state index is 0.0264. The fourth-order valence-corrected chi connectivity index (χ4v) is 4.05. The fourth-order valence-electron chi connectivity index (χ4n) is 4.05. The topological polar surface area (TPSA) is 66.4 Å². The molecule has 4 heteroatoms. The average molecular weight is 223 g/mol. The number of hydrogen-bond acceptors (Lipinski definition) is 2. The monoisotopic (exact) mass is 223 g/mol. The summed E-state index contributed by atoms with van der Waals surface area (Å²) in [5, 5.41) is 11.3. The van der Waals surface area contributed by atoms with E-state index in [2.05, 4.69) is 5.32 Å². The highest BCUT2D eigenvalue weighted by Gasteiger charge is 2.67. The molecule has 4 unspecified atom stereocenters. The van der Waals surface area contributed by atoms with Gasteiger partial charge in [-0.25, -0.2) is 0 Å². The van der Waals surface area contributed by atoms with E-state index in [1.165, 1.54) is 26.2 Å². The molecule has 0 radical (unpaired) electrons. The van der Waals surface area contributed by atoms with Gasteiger partial charge in [-0.05, 0) is 49.9 Å². The molecule has 3 aliphatic rings. The van der Waals surface area contributed by atoms with Crippen LogP contribution in [0.15, 0.2) is 0 Å². The van der Waals surface area contributed by atoms with Crippen LogP contribution in [0.4, 0.5) is 0 Å². The van der Waals surface area contributed by atoms with E-state index in [9.17, 15) is 9.59 Å². The number of carboxylic acids is 1. The summed E-state index contributed by atoms with van der Waals surface area (Å²) in [6.45, 7) is 1.52. The van der Waals surface area contributed by atoms with Crippen molar-refractivity contribution in [3.05, 3.63) is 0 Å². The van der Waals surface area contributed by atoms with Gasteiger partial charge in [-0.1, -0.05) is 0 Å². The highest BCUT2D eigenvalue weighted by atomic mass is 16.4. The predicted octanol–water partition coefficient (Wildman–Crippen LogP) is 0.868. The van der Waals surface area contributed by atoms with Gasteiger partial charge in [0.15, 0.2) is 0 Å². The molecule has 3 aliphatic carbocycles.